The van der Waals surface area contributed by atoms with Crippen molar-refractivity contribution in [2.24, 2.45) is 0 Å². The minimum absolute atomic E-state index is 0.0818. The maximum absolute atomic E-state index is 12.1. The molecule has 0 spiro atoms. The zero-order valence-corrected chi connectivity index (χ0v) is 13.1. The van der Waals surface area contributed by atoms with E-state index in [-0.39, 0.29) is 16.8 Å². The number of hydrogen-bond donors (Lipinski definition) is 3. The highest BCUT2D eigenvalue weighted by Gasteiger charge is 2.32. The predicted octanol–water partition coefficient (Wildman–Crippen LogP) is 2.72. The van der Waals surface area contributed by atoms with Gasteiger partial charge in [0.1, 0.15) is 5.75 Å². The molecule has 0 heterocycles. The summed E-state index contributed by atoms with van der Waals surface area (Å²) in [6.07, 6.45) is -5.70. The van der Waals surface area contributed by atoms with Crippen LogP contribution in [-0.2, 0) is 0 Å². The number of halogens is 5. The molecule has 3 N–H and O–H groups in total. The molecule has 0 radical (unpaired) electrons. The Bertz CT molecular complexity index is 445. The van der Waals surface area contributed by atoms with Crippen LogP contribution in [0.25, 0.3) is 0 Å². The number of benzene rings is 1. The Morgan fingerprint density at radius 2 is 2.05 bits per heavy atom. The van der Waals surface area contributed by atoms with Crippen LogP contribution in [-0.4, -0.2) is 35.8 Å². The molecule has 0 saturated carbocycles. The summed E-state index contributed by atoms with van der Waals surface area (Å²) in [5.74, 6) is -0.342. The first-order valence-corrected chi connectivity index (χ1v) is 6.87. The summed E-state index contributed by atoms with van der Waals surface area (Å²) in [5, 5.41) is 20.7. The average Bonchev–Trinajstić information content (AvgIpc) is 2.29. The number of anilines is 1. The molecule has 4 nitrogen and oxygen atoms in total. The molecule has 0 amide bonds. The van der Waals surface area contributed by atoms with Crippen LogP contribution in [0.2, 0.25) is 0 Å². The standard InChI is InChI=1S/C10H10BrF3INO3/c11-6-1-8(16-3-5(18)4-17)7(15)2-9(6)19-10(12,13)14/h1-2,5,16-18H,3-4H2. The highest BCUT2D eigenvalue weighted by molar-refractivity contribution is 14.1. The molecule has 0 aliphatic carbocycles. The molecule has 0 saturated heterocycles. The molecular weight excluding hydrogens is 446 g/mol. The van der Waals surface area contributed by atoms with Crippen molar-refractivity contribution in [2.45, 2.75) is 12.5 Å². The molecule has 0 aliphatic rings. The van der Waals surface area contributed by atoms with E-state index in [2.05, 4.69) is 26.0 Å². The zero-order valence-electron chi connectivity index (χ0n) is 9.34. The van der Waals surface area contributed by atoms with Crippen LogP contribution in [0.4, 0.5) is 18.9 Å². The molecule has 108 valence electrons. The van der Waals surface area contributed by atoms with Gasteiger partial charge in [0.2, 0.25) is 0 Å². The molecule has 1 aromatic carbocycles. The van der Waals surface area contributed by atoms with Crippen molar-refractivity contribution in [3.63, 3.8) is 0 Å². The SMILES string of the molecule is OCC(O)CNc1cc(Br)c(OC(F)(F)F)cc1I. The normalized spacial score (nSPS) is 13.2. The molecule has 0 bridgehead atoms. The molecule has 1 unspecified atom stereocenters. The van der Waals surface area contributed by atoms with E-state index in [1.165, 1.54) is 12.1 Å². The zero-order chi connectivity index (χ0) is 14.6. The quantitative estimate of drug-likeness (QED) is 0.597. The summed E-state index contributed by atoms with van der Waals surface area (Å²) in [4.78, 5) is 0. The Morgan fingerprint density at radius 3 is 2.58 bits per heavy atom. The smallest absolute Gasteiger partial charge is 0.405 e. The van der Waals surface area contributed by atoms with Crippen molar-refractivity contribution < 1.29 is 28.1 Å². The summed E-state index contributed by atoms with van der Waals surface area (Å²) >= 11 is 4.82. The first-order valence-electron chi connectivity index (χ1n) is 5.00. The second-order valence-electron chi connectivity index (χ2n) is 3.53. The second kappa shape index (κ2) is 6.95. The van der Waals surface area contributed by atoms with E-state index in [0.29, 0.717) is 9.26 Å². The molecule has 0 fully saturated rings. The Balaban J connectivity index is 2.85. The number of aliphatic hydroxyl groups is 2. The van der Waals surface area contributed by atoms with E-state index >= 15 is 0 Å². The monoisotopic (exact) mass is 455 g/mol. The molecule has 0 aromatic heterocycles. The average molecular weight is 456 g/mol. The summed E-state index contributed by atoms with van der Waals surface area (Å²) < 4.78 is 40.9. The summed E-state index contributed by atoms with van der Waals surface area (Å²) in [6, 6.07) is 2.62. The highest BCUT2D eigenvalue weighted by Crippen LogP contribution is 2.35. The van der Waals surface area contributed by atoms with Gasteiger partial charge in [-0.2, -0.15) is 0 Å². The Hall–Kier alpha value is -0.260. The summed E-state index contributed by atoms with van der Waals surface area (Å²) in [7, 11) is 0. The molecule has 1 aromatic rings. The number of hydrogen-bond acceptors (Lipinski definition) is 4. The van der Waals surface area contributed by atoms with Gasteiger partial charge in [-0.3, -0.25) is 0 Å². The molecule has 1 rings (SSSR count). The van der Waals surface area contributed by atoms with Crippen molar-refractivity contribution in [2.75, 3.05) is 18.5 Å². The Kier molecular flexibility index (Phi) is 6.15. The lowest BCUT2D eigenvalue weighted by Crippen LogP contribution is -2.23. The van der Waals surface area contributed by atoms with E-state index in [9.17, 15) is 18.3 Å². The van der Waals surface area contributed by atoms with Gasteiger partial charge in [0.25, 0.3) is 0 Å². The first-order chi connectivity index (χ1) is 8.73. The fourth-order valence-electron chi connectivity index (χ4n) is 1.16. The second-order valence-corrected chi connectivity index (χ2v) is 5.54. The van der Waals surface area contributed by atoms with Gasteiger partial charge < -0.3 is 20.3 Å². The van der Waals surface area contributed by atoms with Crippen LogP contribution in [0.3, 0.4) is 0 Å². The van der Waals surface area contributed by atoms with E-state index in [4.69, 9.17) is 5.11 Å². The van der Waals surface area contributed by atoms with Gasteiger partial charge in [-0.15, -0.1) is 13.2 Å². The van der Waals surface area contributed by atoms with Crippen LogP contribution < -0.4 is 10.1 Å². The predicted molar refractivity (Wildman–Crippen MR) is 75.1 cm³/mol. The first kappa shape index (κ1) is 16.8. The number of aliphatic hydroxyl groups excluding tert-OH is 2. The third kappa shape index (κ3) is 5.71. The Labute approximate surface area is 129 Å². The van der Waals surface area contributed by atoms with Crippen molar-refractivity contribution in [3.8, 4) is 5.75 Å². The highest BCUT2D eigenvalue weighted by atomic mass is 127. The fourth-order valence-corrected chi connectivity index (χ4v) is 2.21. The van der Waals surface area contributed by atoms with Gasteiger partial charge in [0.05, 0.1) is 17.2 Å². The lowest BCUT2D eigenvalue weighted by atomic mass is 10.3. The summed E-state index contributed by atoms with van der Waals surface area (Å²) in [6.45, 7) is -0.321. The van der Waals surface area contributed by atoms with Crippen LogP contribution >= 0.6 is 38.5 Å². The van der Waals surface area contributed by atoms with Crippen molar-refractivity contribution in [1.29, 1.82) is 0 Å². The fraction of sp³-hybridized carbons (Fsp3) is 0.400. The van der Waals surface area contributed by atoms with Crippen LogP contribution in [0, 0.1) is 3.57 Å². The molecular formula is C10H10BrF3INO3. The molecule has 0 aliphatic heterocycles. The van der Waals surface area contributed by atoms with Crippen LogP contribution in [0.1, 0.15) is 0 Å². The van der Waals surface area contributed by atoms with Crippen molar-refractivity contribution >= 4 is 44.2 Å². The van der Waals surface area contributed by atoms with E-state index in [1.807, 2.05) is 22.6 Å². The van der Waals surface area contributed by atoms with E-state index in [1.54, 1.807) is 0 Å². The van der Waals surface area contributed by atoms with Crippen molar-refractivity contribution in [1.82, 2.24) is 0 Å². The van der Waals surface area contributed by atoms with Gasteiger partial charge in [0.15, 0.2) is 0 Å². The minimum Gasteiger partial charge on any atom is -0.405 e. The minimum atomic E-state index is -4.76. The maximum atomic E-state index is 12.1. The largest absolute Gasteiger partial charge is 0.573 e. The van der Waals surface area contributed by atoms with Gasteiger partial charge in [-0.25, -0.2) is 0 Å². The van der Waals surface area contributed by atoms with Gasteiger partial charge >= 0.3 is 6.36 Å². The maximum Gasteiger partial charge on any atom is 0.573 e. The van der Waals surface area contributed by atoms with E-state index in [0.717, 1.165) is 0 Å². The number of nitrogens with one attached hydrogen (secondary N) is 1. The lowest BCUT2D eigenvalue weighted by Gasteiger charge is -2.15. The molecule has 19 heavy (non-hydrogen) atoms. The number of ether oxygens (including phenoxy) is 1. The third-order valence-corrected chi connectivity index (χ3v) is 3.50. The van der Waals surface area contributed by atoms with Gasteiger partial charge in [-0.05, 0) is 50.7 Å². The van der Waals surface area contributed by atoms with Crippen molar-refractivity contribution in [3.05, 3.63) is 20.2 Å². The molecule has 9 heteroatoms. The topological polar surface area (TPSA) is 61.7 Å². The van der Waals surface area contributed by atoms with Gasteiger partial charge in [-0.1, -0.05) is 0 Å². The number of rotatable bonds is 5. The Morgan fingerprint density at radius 1 is 1.42 bits per heavy atom. The van der Waals surface area contributed by atoms with Crippen LogP contribution in [0.5, 0.6) is 5.75 Å². The lowest BCUT2D eigenvalue weighted by molar-refractivity contribution is -0.274. The third-order valence-electron chi connectivity index (χ3n) is 1.99. The molecule has 1 atom stereocenters. The van der Waals surface area contributed by atoms with Crippen LogP contribution in [0.15, 0.2) is 16.6 Å². The summed E-state index contributed by atoms with van der Waals surface area (Å²) in [5.41, 5.74) is 0.523. The van der Waals surface area contributed by atoms with E-state index < -0.39 is 19.1 Å². The number of alkyl halides is 3. The van der Waals surface area contributed by atoms with Gasteiger partial charge in [0, 0.05) is 15.8 Å².